The van der Waals surface area contributed by atoms with Crippen LogP contribution in [0.3, 0.4) is 0 Å². The van der Waals surface area contributed by atoms with Gasteiger partial charge in [-0.1, -0.05) is 12.1 Å². The lowest BCUT2D eigenvalue weighted by molar-refractivity contribution is -0.138. The van der Waals surface area contributed by atoms with Gasteiger partial charge in [0.2, 0.25) is 0 Å². The van der Waals surface area contributed by atoms with E-state index in [2.05, 4.69) is 5.32 Å². The maximum atomic E-state index is 13.2. The fraction of sp³-hybridized carbons (Fsp3) is 0.188. The molecule has 8 heteroatoms. The van der Waals surface area contributed by atoms with Crippen molar-refractivity contribution in [2.24, 2.45) is 0 Å². The first-order valence-electron chi connectivity index (χ1n) is 6.77. The van der Waals surface area contributed by atoms with E-state index in [-0.39, 0.29) is 23.4 Å². The van der Waals surface area contributed by atoms with Gasteiger partial charge in [0.15, 0.2) is 5.78 Å². The van der Waals surface area contributed by atoms with Crippen molar-refractivity contribution >= 4 is 11.5 Å². The summed E-state index contributed by atoms with van der Waals surface area (Å²) in [7, 11) is 0. The van der Waals surface area contributed by atoms with E-state index in [1.807, 2.05) is 0 Å². The van der Waals surface area contributed by atoms with Crippen molar-refractivity contribution < 1.29 is 31.1 Å². The smallest absolute Gasteiger partial charge is 0.377 e. The normalized spacial score (nSPS) is 14.5. The van der Waals surface area contributed by atoms with Gasteiger partial charge in [-0.15, -0.1) is 0 Å². The molecule has 0 aliphatic carbocycles. The molecule has 2 aromatic rings. The zero-order chi connectivity index (χ0) is 17.7. The summed E-state index contributed by atoms with van der Waals surface area (Å²) >= 11 is 0. The van der Waals surface area contributed by atoms with E-state index in [0.717, 1.165) is 30.3 Å². The van der Waals surface area contributed by atoms with E-state index >= 15 is 0 Å². The molecule has 0 spiro atoms. The van der Waals surface area contributed by atoms with Crippen LogP contribution in [0.4, 0.5) is 32.0 Å². The monoisotopic (exact) mass is 345 g/mol. The maximum absolute atomic E-state index is 13.2. The molecule has 1 heterocycles. The molecule has 3 rings (SSSR count). The number of benzene rings is 2. The average Bonchev–Trinajstić information content (AvgIpc) is 2.86. The number of hydrogen-bond donors (Lipinski definition) is 1. The van der Waals surface area contributed by atoms with Crippen molar-refractivity contribution in [3.63, 3.8) is 0 Å². The van der Waals surface area contributed by atoms with Gasteiger partial charge in [0.05, 0.1) is 23.2 Å². The Morgan fingerprint density at radius 3 is 2.00 bits per heavy atom. The molecule has 126 valence electrons. The number of anilines is 1. The quantitative estimate of drug-likeness (QED) is 0.737. The van der Waals surface area contributed by atoms with Crippen LogP contribution in [0.25, 0.3) is 11.1 Å². The van der Waals surface area contributed by atoms with Gasteiger partial charge in [0.1, 0.15) is 0 Å². The second-order valence-electron chi connectivity index (χ2n) is 5.30. The summed E-state index contributed by atoms with van der Waals surface area (Å²) in [5.41, 5.74) is -2.11. The molecule has 0 saturated carbocycles. The Bertz CT molecular complexity index is 805. The van der Waals surface area contributed by atoms with Gasteiger partial charge in [0.25, 0.3) is 0 Å². The summed E-state index contributed by atoms with van der Waals surface area (Å²) in [6.45, 7) is -0.241. The Morgan fingerprint density at radius 2 is 1.46 bits per heavy atom. The van der Waals surface area contributed by atoms with Gasteiger partial charge < -0.3 is 5.32 Å². The van der Waals surface area contributed by atoms with E-state index in [9.17, 15) is 31.1 Å². The van der Waals surface area contributed by atoms with Crippen molar-refractivity contribution in [3.8, 4) is 11.1 Å². The molecule has 0 fully saturated rings. The fourth-order valence-corrected chi connectivity index (χ4v) is 2.59. The second-order valence-corrected chi connectivity index (χ2v) is 5.30. The summed E-state index contributed by atoms with van der Waals surface area (Å²) in [5.74, 6) is -0.670. The molecular formula is C16H9F6NO. The highest BCUT2D eigenvalue weighted by Gasteiger charge is 2.39. The van der Waals surface area contributed by atoms with Crippen molar-refractivity contribution in [3.05, 3.63) is 53.1 Å². The lowest BCUT2D eigenvalue weighted by atomic mass is 9.96. The predicted molar refractivity (Wildman–Crippen MR) is 74.7 cm³/mol. The van der Waals surface area contributed by atoms with Crippen LogP contribution in [0.1, 0.15) is 21.5 Å². The summed E-state index contributed by atoms with van der Waals surface area (Å²) in [6.07, 6.45) is -9.27. The molecule has 0 saturated heterocycles. The molecule has 0 aromatic heterocycles. The maximum Gasteiger partial charge on any atom is 0.417 e. The molecule has 0 bridgehead atoms. The molecule has 1 aliphatic rings. The molecule has 0 unspecified atom stereocenters. The molecular weight excluding hydrogens is 336 g/mol. The minimum atomic E-state index is -4.74. The summed E-state index contributed by atoms with van der Waals surface area (Å²) in [4.78, 5) is 11.6. The number of fused-ring (bicyclic) bond motifs is 1. The first-order chi connectivity index (χ1) is 11.1. The van der Waals surface area contributed by atoms with E-state index in [1.165, 1.54) is 6.07 Å². The second kappa shape index (κ2) is 5.25. The first kappa shape index (κ1) is 16.4. The van der Waals surface area contributed by atoms with Gasteiger partial charge in [-0.05, 0) is 35.4 Å². The minimum absolute atomic E-state index is 0.0322. The van der Waals surface area contributed by atoms with Crippen LogP contribution in [0.15, 0.2) is 36.4 Å². The van der Waals surface area contributed by atoms with Crippen molar-refractivity contribution in [1.82, 2.24) is 0 Å². The predicted octanol–water partition coefficient (Wildman–Crippen LogP) is 5.00. The van der Waals surface area contributed by atoms with Crippen LogP contribution < -0.4 is 5.32 Å². The molecule has 0 amide bonds. The van der Waals surface area contributed by atoms with Gasteiger partial charge in [-0.25, -0.2) is 0 Å². The number of halogens is 6. The lowest BCUT2D eigenvalue weighted by Crippen LogP contribution is -2.12. The Kier molecular flexibility index (Phi) is 3.58. The van der Waals surface area contributed by atoms with Crippen LogP contribution in [0.2, 0.25) is 0 Å². The van der Waals surface area contributed by atoms with E-state index in [4.69, 9.17) is 0 Å². The fourth-order valence-electron chi connectivity index (χ4n) is 2.59. The van der Waals surface area contributed by atoms with Crippen LogP contribution in [0, 0.1) is 0 Å². The van der Waals surface area contributed by atoms with Gasteiger partial charge in [-0.2, -0.15) is 26.3 Å². The first-order valence-corrected chi connectivity index (χ1v) is 6.77. The number of Topliss-reactive ketones (excluding diaryl/α,β-unsaturated/α-hetero) is 1. The number of ketones is 1. The number of alkyl halides is 6. The molecule has 24 heavy (non-hydrogen) atoms. The third-order valence-electron chi connectivity index (χ3n) is 3.71. The number of carbonyl (C=O) groups excluding carboxylic acids is 1. The summed E-state index contributed by atoms with van der Waals surface area (Å²) in [6, 6.07) is 5.91. The third kappa shape index (κ3) is 2.83. The molecule has 1 aliphatic heterocycles. The molecule has 0 radical (unpaired) electrons. The molecule has 1 N–H and O–H groups in total. The largest absolute Gasteiger partial charge is 0.417 e. The van der Waals surface area contributed by atoms with E-state index < -0.39 is 34.8 Å². The van der Waals surface area contributed by atoms with Crippen molar-refractivity contribution in [2.75, 3.05) is 11.9 Å². The topological polar surface area (TPSA) is 29.1 Å². The van der Waals surface area contributed by atoms with Crippen LogP contribution in [-0.4, -0.2) is 12.3 Å². The number of carbonyl (C=O) groups is 1. The van der Waals surface area contributed by atoms with E-state index in [0.29, 0.717) is 0 Å². The number of rotatable bonds is 1. The summed E-state index contributed by atoms with van der Waals surface area (Å²) in [5, 5.41) is 2.58. The zero-order valence-corrected chi connectivity index (χ0v) is 11.8. The van der Waals surface area contributed by atoms with Crippen LogP contribution >= 0.6 is 0 Å². The Morgan fingerprint density at radius 1 is 0.833 bits per heavy atom. The van der Waals surface area contributed by atoms with E-state index in [1.54, 1.807) is 0 Å². The van der Waals surface area contributed by atoms with Crippen LogP contribution in [0.5, 0.6) is 0 Å². The number of nitrogens with one attached hydrogen (secondary N) is 1. The molecule has 2 nitrogen and oxygen atoms in total. The lowest BCUT2D eigenvalue weighted by Gasteiger charge is -2.14. The van der Waals surface area contributed by atoms with Crippen molar-refractivity contribution in [2.45, 2.75) is 12.4 Å². The van der Waals surface area contributed by atoms with Crippen LogP contribution in [-0.2, 0) is 12.4 Å². The van der Waals surface area contributed by atoms with Gasteiger partial charge >= 0.3 is 12.4 Å². The zero-order valence-electron chi connectivity index (χ0n) is 11.8. The Hall–Kier alpha value is -2.51. The summed E-state index contributed by atoms with van der Waals surface area (Å²) < 4.78 is 77.3. The highest BCUT2D eigenvalue weighted by Crippen LogP contribution is 2.41. The average molecular weight is 345 g/mol. The minimum Gasteiger partial charge on any atom is -0.377 e. The highest BCUT2D eigenvalue weighted by molar-refractivity contribution is 6.10. The Labute approximate surface area is 132 Å². The molecule has 0 atom stereocenters. The standard InChI is InChI=1S/C16H9F6NO/c17-15(18,19)10-3-1-8(2-4-10)9-5-11(16(20,21)22)14-12(6-9)23-7-13(14)24/h1-6,23H,7H2. The Balaban J connectivity index is 2.12. The molecule has 2 aromatic carbocycles. The van der Waals surface area contributed by atoms with Gasteiger partial charge in [0, 0.05) is 5.69 Å². The van der Waals surface area contributed by atoms with Crippen molar-refractivity contribution in [1.29, 1.82) is 0 Å². The SMILES string of the molecule is O=C1CNc2cc(-c3ccc(C(F)(F)F)cc3)cc(C(F)(F)F)c21. The number of hydrogen-bond acceptors (Lipinski definition) is 2. The van der Waals surface area contributed by atoms with Gasteiger partial charge in [-0.3, -0.25) is 4.79 Å². The highest BCUT2D eigenvalue weighted by atomic mass is 19.4. The third-order valence-corrected chi connectivity index (χ3v) is 3.71.